The molecular formula is C48H51BrN14O4. The first-order valence-electron chi connectivity index (χ1n) is 22.5. The summed E-state index contributed by atoms with van der Waals surface area (Å²) >= 11 is 2.84. The normalized spacial score (nSPS) is 15.8. The van der Waals surface area contributed by atoms with Gasteiger partial charge in [-0.05, 0) is 104 Å². The number of fused-ring (bicyclic) bond motifs is 4. The van der Waals surface area contributed by atoms with Gasteiger partial charge in [0.15, 0.2) is 0 Å². The minimum absolute atomic E-state index is 0.0585. The van der Waals surface area contributed by atoms with Gasteiger partial charge in [-0.1, -0.05) is 53.7 Å². The third-order valence-electron chi connectivity index (χ3n) is 12.6. The molecule has 19 heteroatoms. The van der Waals surface area contributed by atoms with E-state index in [1.807, 2.05) is 35.2 Å². The van der Waals surface area contributed by atoms with Crippen LogP contribution in [0, 0.1) is 22.7 Å². The maximum absolute atomic E-state index is 13.0. The van der Waals surface area contributed by atoms with Gasteiger partial charge < -0.3 is 27.4 Å². The minimum atomic E-state index is -0.329. The Kier molecular flexibility index (Phi) is 14.6. The number of nitrogens with one attached hydrogen (secondary N) is 3. The van der Waals surface area contributed by atoms with Gasteiger partial charge in [-0.15, -0.1) is 0 Å². The van der Waals surface area contributed by atoms with Gasteiger partial charge in [0.05, 0.1) is 11.9 Å². The van der Waals surface area contributed by atoms with Crippen LogP contribution in [0.2, 0.25) is 0 Å². The number of aromatic nitrogens is 6. The molecule has 0 atom stereocenters. The zero-order valence-corrected chi connectivity index (χ0v) is 38.5. The Balaban J connectivity index is 0.000000166. The summed E-state index contributed by atoms with van der Waals surface area (Å²) in [5, 5.41) is 30.4. The van der Waals surface area contributed by atoms with Crippen LogP contribution < -0.4 is 38.5 Å². The Morgan fingerprint density at radius 3 is 1.69 bits per heavy atom. The van der Waals surface area contributed by atoms with Crippen molar-refractivity contribution in [3.05, 3.63) is 115 Å². The van der Waals surface area contributed by atoms with Crippen molar-refractivity contribution >= 4 is 73.1 Å². The number of nitrogens with zero attached hydrogens (tertiary/aromatic N) is 9. The first-order chi connectivity index (χ1) is 32.5. The molecule has 67 heavy (non-hydrogen) atoms. The number of nitriles is 2. The summed E-state index contributed by atoms with van der Waals surface area (Å²) in [5.74, 6) is 0.222. The van der Waals surface area contributed by atoms with Gasteiger partial charge in [0, 0.05) is 66.3 Å². The first-order valence-corrected chi connectivity index (χ1v) is 23.6. The molecule has 4 aliphatic rings. The molecule has 0 radical (unpaired) electrons. The molecule has 2 fully saturated rings. The molecule has 7 N–H and O–H groups in total. The number of amides is 2. The molecule has 10 rings (SSSR count). The number of anilines is 4. The maximum atomic E-state index is 13.0. The van der Waals surface area contributed by atoms with Crippen molar-refractivity contribution < 1.29 is 9.59 Å². The lowest BCUT2D eigenvalue weighted by Crippen LogP contribution is -2.37. The highest BCUT2D eigenvalue weighted by Crippen LogP contribution is 2.33. The van der Waals surface area contributed by atoms with E-state index in [0.717, 1.165) is 101 Å². The highest BCUT2D eigenvalue weighted by atomic mass is 79.9. The predicted molar refractivity (Wildman–Crippen MR) is 258 cm³/mol. The average molecular weight is 968 g/mol. The fourth-order valence-corrected chi connectivity index (χ4v) is 9.38. The van der Waals surface area contributed by atoms with E-state index in [4.69, 9.17) is 5.73 Å². The van der Waals surface area contributed by atoms with Crippen molar-refractivity contribution in [2.45, 2.75) is 89.4 Å². The molecule has 0 saturated heterocycles. The van der Waals surface area contributed by atoms with E-state index in [1.54, 1.807) is 33.7 Å². The lowest BCUT2D eigenvalue weighted by atomic mass is 9.99. The summed E-state index contributed by atoms with van der Waals surface area (Å²) in [6.45, 7) is 3.62. The second-order valence-corrected chi connectivity index (χ2v) is 17.7. The summed E-state index contributed by atoms with van der Waals surface area (Å²) in [6, 6.07) is 19.7. The van der Waals surface area contributed by atoms with Gasteiger partial charge in [0.1, 0.15) is 34.6 Å². The van der Waals surface area contributed by atoms with Crippen molar-refractivity contribution in [1.82, 2.24) is 39.3 Å². The van der Waals surface area contributed by atoms with Gasteiger partial charge in [0.25, 0.3) is 11.1 Å². The van der Waals surface area contributed by atoms with Crippen LogP contribution >= 0.6 is 15.9 Å². The smallest absolute Gasteiger partial charge is 0.270 e. The fourth-order valence-electron chi connectivity index (χ4n) is 9.38. The van der Waals surface area contributed by atoms with Crippen LogP contribution in [0.25, 0.3) is 22.1 Å². The zero-order valence-electron chi connectivity index (χ0n) is 36.9. The number of hydrogen-bond acceptors (Lipinski definition) is 14. The molecule has 2 aromatic carbocycles. The summed E-state index contributed by atoms with van der Waals surface area (Å²) in [6.07, 6.45) is 13.2. The van der Waals surface area contributed by atoms with Crippen LogP contribution in [0.3, 0.4) is 0 Å². The van der Waals surface area contributed by atoms with Crippen LogP contribution in [0.4, 0.5) is 23.3 Å². The number of carbonyl (C=O) groups is 2. The van der Waals surface area contributed by atoms with Gasteiger partial charge in [-0.25, -0.2) is 9.97 Å². The van der Waals surface area contributed by atoms with E-state index in [-0.39, 0.29) is 58.0 Å². The van der Waals surface area contributed by atoms with Crippen molar-refractivity contribution in [2.75, 3.05) is 35.6 Å². The number of pyridine rings is 2. The van der Waals surface area contributed by atoms with Crippen LogP contribution in [0.15, 0.2) is 70.5 Å². The lowest BCUT2D eigenvalue weighted by molar-refractivity contribution is -0.119. The van der Waals surface area contributed by atoms with Crippen molar-refractivity contribution in [1.29, 1.82) is 10.5 Å². The molecule has 0 bridgehead atoms. The molecule has 4 aromatic heterocycles. The Morgan fingerprint density at radius 2 is 1.21 bits per heavy atom. The number of benzene rings is 2. The van der Waals surface area contributed by atoms with Crippen LogP contribution in [-0.2, 0) is 35.5 Å². The molecule has 6 heterocycles. The number of primary amides is 2. The van der Waals surface area contributed by atoms with Crippen molar-refractivity contribution in [3.8, 4) is 12.1 Å². The minimum Gasteiger partial charge on any atom is -0.369 e. The largest absolute Gasteiger partial charge is 0.369 e. The summed E-state index contributed by atoms with van der Waals surface area (Å²) in [7, 11) is 0. The lowest BCUT2D eigenvalue weighted by Gasteiger charge is -2.28. The molecule has 6 aromatic rings. The molecule has 2 aliphatic carbocycles. The number of alkyl halides is 1. The fraction of sp³-hybridized carbons (Fsp3) is 0.375. The molecule has 2 saturated carbocycles. The summed E-state index contributed by atoms with van der Waals surface area (Å²) in [5.41, 5.74) is 17.7. The molecule has 0 spiro atoms. The van der Waals surface area contributed by atoms with Crippen LogP contribution in [0.5, 0.6) is 0 Å². The number of carbonyl (C=O) groups excluding carboxylic acids is 2. The number of rotatable bonds is 9. The van der Waals surface area contributed by atoms with E-state index in [9.17, 15) is 29.7 Å². The van der Waals surface area contributed by atoms with Gasteiger partial charge in [-0.3, -0.25) is 33.2 Å². The molecular weight excluding hydrogens is 917 g/mol. The maximum Gasteiger partial charge on any atom is 0.270 e. The number of nitrogens with two attached hydrogens (primary N) is 2. The number of halogens is 1. The third-order valence-corrected chi connectivity index (χ3v) is 13.1. The highest BCUT2D eigenvalue weighted by molar-refractivity contribution is 9.09. The van der Waals surface area contributed by atoms with Gasteiger partial charge in [-0.2, -0.15) is 20.5 Å². The Bertz CT molecular complexity index is 3050. The Labute approximate surface area is 394 Å². The first kappa shape index (κ1) is 46.5. The van der Waals surface area contributed by atoms with E-state index in [0.29, 0.717) is 35.1 Å². The quantitative estimate of drug-likeness (QED) is 0.114. The van der Waals surface area contributed by atoms with E-state index in [2.05, 4.69) is 75.7 Å². The molecule has 0 unspecified atom stereocenters. The zero-order chi connectivity index (χ0) is 47.0. The second-order valence-electron chi connectivity index (χ2n) is 17.2. The average Bonchev–Trinajstić information content (AvgIpc) is 4.08. The summed E-state index contributed by atoms with van der Waals surface area (Å²) in [4.78, 5) is 66.9. The van der Waals surface area contributed by atoms with Crippen molar-refractivity contribution in [2.24, 2.45) is 11.5 Å². The topological polar surface area (TPSA) is 269 Å². The Hall–Kier alpha value is -7.06. The second kappa shape index (κ2) is 21.1. The van der Waals surface area contributed by atoms with Crippen LogP contribution in [-0.4, -0.2) is 70.7 Å². The van der Waals surface area contributed by atoms with E-state index < -0.39 is 0 Å². The Morgan fingerprint density at radius 1 is 0.716 bits per heavy atom. The summed E-state index contributed by atoms with van der Waals surface area (Å²) < 4.78 is 3.40. The predicted octanol–water partition coefficient (Wildman–Crippen LogP) is 5.40. The number of hydrogen-bond donors (Lipinski definition) is 5. The van der Waals surface area contributed by atoms with Gasteiger partial charge in [0.2, 0.25) is 23.7 Å². The third kappa shape index (κ3) is 10.8. The van der Waals surface area contributed by atoms with E-state index in [1.165, 1.54) is 22.3 Å². The molecule has 2 amide bonds. The van der Waals surface area contributed by atoms with E-state index >= 15 is 0 Å². The van der Waals surface area contributed by atoms with Gasteiger partial charge >= 0.3 is 0 Å². The standard InChI is InChI=1S/C24H25N7O2.C22H22N6O.C2H4BrNO/c25-11-17-9-18-12-27-24(29-22(18)31(23(17)33)20-3-1-2-4-20)28-19-6-5-16-13-30(14-21(26)32)8-7-15(16)10-19;23-11-16-9-17-13-25-22(26-18-6-5-15-12-24-8-7-14(15)10-18)27-20(17)28(21(16)29)19-3-1-2-4-19;3-1-2(4)5/h5-6,9-10,12,20H,1-4,7-8,13-14H2,(H2,26,32)(H,27,28,29);5-6,9-10,13,19,24H,1-4,7-8,12H2,(H,25,26,27);1H2,(H2,4,5). The monoisotopic (exact) mass is 966 g/mol. The molecule has 18 nitrogen and oxygen atoms in total. The SMILES string of the molecule is N#Cc1cc2cnc(Nc3ccc4c(c3)CCN(CC(N)=O)C4)nc2n(C2CCCC2)c1=O.N#Cc1cc2cnc(Nc3ccc4c(c3)CCNC4)nc2n(C2CCCC2)c1=O.NC(=O)CBr. The molecule has 2 aliphatic heterocycles. The van der Waals surface area contributed by atoms with Crippen molar-refractivity contribution in [3.63, 3.8) is 0 Å². The van der Waals surface area contributed by atoms with Crippen LogP contribution in [0.1, 0.15) is 96.8 Å². The highest BCUT2D eigenvalue weighted by Gasteiger charge is 2.25. The molecule has 344 valence electrons.